The Balaban J connectivity index is 2.65. The number of carbonyl (C=O) groups is 1. The third-order valence-electron chi connectivity index (χ3n) is 2.89. The highest BCUT2D eigenvalue weighted by Gasteiger charge is 2.21. The number of ketones is 1. The molecular formula is C13H12F3N3O. The van der Waals surface area contributed by atoms with Gasteiger partial charge >= 0.3 is 0 Å². The summed E-state index contributed by atoms with van der Waals surface area (Å²) in [5, 5.41) is 7.33. The maximum Gasteiger partial charge on any atom is 0.184 e. The van der Waals surface area contributed by atoms with Crippen molar-refractivity contribution < 1.29 is 18.0 Å². The number of aromatic nitrogens is 3. The Bertz CT molecular complexity index is 667. The largest absolute Gasteiger partial charge is 0.292 e. The lowest BCUT2D eigenvalue weighted by Crippen LogP contribution is -2.08. The number of Topliss-reactive ketones (excluding diaryl/α,β-unsaturated/α-hetero) is 1. The number of rotatable bonds is 4. The second-order valence-electron chi connectivity index (χ2n) is 4.15. The Morgan fingerprint density at radius 2 is 1.95 bits per heavy atom. The summed E-state index contributed by atoms with van der Waals surface area (Å²) < 4.78 is 41.2. The molecule has 0 spiro atoms. The minimum atomic E-state index is -1.32. The fraction of sp³-hybridized carbons (Fsp3) is 0.308. The Labute approximate surface area is 113 Å². The van der Waals surface area contributed by atoms with Crippen LogP contribution in [0.2, 0.25) is 0 Å². The van der Waals surface area contributed by atoms with Gasteiger partial charge in [-0.25, -0.2) is 17.9 Å². The lowest BCUT2D eigenvalue weighted by molar-refractivity contribution is 0.0982. The van der Waals surface area contributed by atoms with Crippen LogP contribution in [0.3, 0.4) is 0 Å². The summed E-state index contributed by atoms with van der Waals surface area (Å²) in [5.74, 6) is -3.74. The van der Waals surface area contributed by atoms with Crippen LogP contribution in [-0.4, -0.2) is 20.8 Å². The molecule has 1 heterocycles. The van der Waals surface area contributed by atoms with E-state index in [1.54, 1.807) is 13.8 Å². The third kappa shape index (κ3) is 2.31. The van der Waals surface area contributed by atoms with Gasteiger partial charge in [0, 0.05) is 18.6 Å². The van der Waals surface area contributed by atoms with E-state index in [1.165, 1.54) is 0 Å². The molecule has 0 amide bonds. The van der Waals surface area contributed by atoms with E-state index in [4.69, 9.17) is 0 Å². The van der Waals surface area contributed by atoms with E-state index in [0.717, 1.165) is 10.7 Å². The van der Waals surface area contributed by atoms with Crippen LogP contribution in [0.15, 0.2) is 12.1 Å². The number of carbonyl (C=O) groups excluding carboxylic acids is 1. The second kappa shape index (κ2) is 5.44. The SMILES string of the molecule is CCC(=O)c1nnn(-c2cc(F)cc(F)c2F)c1CC. The van der Waals surface area contributed by atoms with Gasteiger partial charge < -0.3 is 0 Å². The molecule has 4 nitrogen and oxygen atoms in total. The fourth-order valence-electron chi connectivity index (χ4n) is 1.89. The molecule has 0 aliphatic carbocycles. The Morgan fingerprint density at radius 3 is 2.55 bits per heavy atom. The molecule has 106 valence electrons. The van der Waals surface area contributed by atoms with Crippen LogP contribution in [-0.2, 0) is 6.42 Å². The molecule has 0 aliphatic rings. The summed E-state index contributed by atoms with van der Waals surface area (Å²) in [6.07, 6.45) is 0.539. The minimum Gasteiger partial charge on any atom is -0.292 e. The van der Waals surface area contributed by atoms with Crippen molar-refractivity contribution in [2.45, 2.75) is 26.7 Å². The lowest BCUT2D eigenvalue weighted by Gasteiger charge is -2.07. The third-order valence-corrected chi connectivity index (χ3v) is 2.89. The summed E-state index contributed by atoms with van der Waals surface area (Å²) in [6, 6.07) is 1.26. The second-order valence-corrected chi connectivity index (χ2v) is 4.15. The zero-order chi connectivity index (χ0) is 14.9. The highest BCUT2D eigenvalue weighted by molar-refractivity contribution is 5.95. The lowest BCUT2D eigenvalue weighted by atomic mass is 10.1. The minimum absolute atomic E-state index is 0.0964. The van der Waals surface area contributed by atoms with Crippen LogP contribution in [0.25, 0.3) is 5.69 Å². The van der Waals surface area contributed by atoms with Crippen molar-refractivity contribution in [1.82, 2.24) is 15.0 Å². The first-order valence-electron chi connectivity index (χ1n) is 6.12. The Morgan fingerprint density at radius 1 is 1.25 bits per heavy atom. The van der Waals surface area contributed by atoms with E-state index in [2.05, 4.69) is 10.3 Å². The average Bonchev–Trinajstić information content (AvgIpc) is 2.85. The van der Waals surface area contributed by atoms with Gasteiger partial charge in [-0.2, -0.15) is 0 Å². The number of benzene rings is 1. The molecule has 0 unspecified atom stereocenters. The van der Waals surface area contributed by atoms with E-state index in [-0.39, 0.29) is 17.9 Å². The maximum absolute atomic E-state index is 13.8. The van der Waals surface area contributed by atoms with Gasteiger partial charge in [-0.3, -0.25) is 4.79 Å². The van der Waals surface area contributed by atoms with E-state index in [1.807, 2.05) is 0 Å². The maximum atomic E-state index is 13.8. The first-order valence-corrected chi connectivity index (χ1v) is 6.12. The van der Waals surface area contributed by atoms with Gasteiger partial charge in [0.15, 0.2) is 23.1 Å². The Hall–Kier alpha value is -2.18. The summed E-state index contributed by atoms with van der Waals surface area (Å²) >= 11 is 0. The normalized spacial score (nSPS) is 10.8. The van der Waals surface area contributed by atoms with Crippen LogP contribution in [0, 0.1) is 17.5 Å². The van der Waals surface area contributed by atoms with Gasteiger partial charge in [-0.1, -0.05) is 19.1 Å². The summed E-state index contributed by atoms with van der Waals surface area (Å²) in [5.41, 5.74) is 0.0156. The molecule has 20 heavy (non-hydrogen) atoms. The predicted molar refractivity (Wildman–Crippen MR) is 65.2 cm³/mol. The van der Waals surface area contributed by atoms with Gasteiger partial charge in [0.25, 0.3) is 0 Å². The van der Waals surface area contributed by atoms with E-state index in [0.29, 0.717) is 18.2 Å². The van der Waals surface area contributed by atoms with Crippen molar-refractivity contribution in [3.63, 3.8) is 0 Å². The van der Waals surface area contributed by atoms with Crippen molar-refractivity contribution in [2.75, 3.05) is 0 Å². The van der Waals surface area contributed by atoms with E-state index in [9.17, 15) is 18.0 Å². The number of hydrogen-bond donors (Lipinski definition) is 0. The van der Waals surface area contributed by atoms with Crippen LogP contribution >= 0.6 is 0 Å². The molecule has 0 fully saturated rings. The molecule has 1 aromatic carbocycles. The molecule has 0 saturated carbocycles. The molecule has 7 heteroatoms. The van der Waals surface area contributed by atoms with Crippen molar-refractivity contribution in [3.8, 4) is 5.69 Å². The molecule has 0 bridgehead atoms. The van der Waals surface area contributed by atoms with Crippen molar-refractivity contribution in [3.05, 3.63) is 41.0 Å². The molecule has 0 saturated heterocycles. The number of hydrogen-bond acceptors (Lipinski definition) is 3. The molecule has 2 rings (SSSR count). The van der Waals surface area contributed by atoms with Gasteiger partial charge in [-0.05, 0) is 6.42 Å². The van der Waals surface area contributed by atoms with Gasteiger partial charge in [-0.15, -0.1) is 5.10 Å². The summed E-state index contributed by atoms with van der Waals surface area (Å²) in [7, 11) is 0. The van der Waals surface area contributed by atoms with Crippen LogP contribution in [0.5, 0.6) is 0 Å². The first-order chi connectivity index (χ1) is 9.49. The van der Waals surface area contributed by atoms with Crippen LogP contribution in [0.1, 0.15) is 36.5 Å². The molecule has 0 atom stereocenters. The van der Waals surface area contributed by atoms with Gasteiger partial charge in [0.1, 0.15) is 11.5 Å². The van der Waals surface area contributed by atoms with E-state index >= 15 is 0 Å². The number of halogens is 3. The monoisotopic (exact) mass is 283 g/mol. The molecule has 0 aliphatic heterocycles. The van der Waals surface area contributed by atoms with Crippen molar-refractivity contribution in [2.24, 2.45) is 0 Å². The molecule has 0 radical (unpaired) electrons. The molecule has 0 N–H and O–H groups in total. The summed E-state index contributed by atoms with van der Waals surface area (Å²) in [6.45, 7) is 3.37. The quantitative estimate of drug-likeness (QED) is 0.640. The topological polar surface area (TPSA) is 47.8 Å². The smallest absolute Gasteiger partial charge is 0.184 e. The van der Waals surface area contributed by atoms with Crippen molar-refractivity contribution in [1.29, 1.82) is 0 Å². The van der Waals surface area contributed by atoms with Gasteiger partial charge in [0.05, 0.1) is 5.69 Å². The highest BCUT2D eigenvalue weighted by Crippen LogP contribution is 2.21. The highest BCUT2D eigenvalue weighted by atomic mass is 19.2. The molecule has 2 aromatic rings. The van der Waals surface area contributed by atoms with Crippen LogP contribution in [0.4, 0.5) is 13.2 Å². The Kier molecular flexibility index (Phi) is 3.87. The molecular weight excluding hydrogens is 271 g/mol. The van der Waals surface area contributed by atoms with Crippen molar-refractivity contribution >= 4 is 5.78 Å². The summed E-state index contributed by atoms with van der Waals surface area (Å²) in [4.78, 5) is 11.7. The predicted octanol–water partition coefficient (Wildman–Crippen LogP) is 2.84. The number of nitrogens with zero attached hydrogens (tertiary/aromatic N) is 3. The van der Waals surface area contributed by atoms with Gasteiger partial charge in [0.2, 0.25) is 0 Å². The van der Waals surface area contributed by atoms with E-state index < -0.39 is 23.1 Å². The molecule has 1 aromatic heterocycles. The van der Waals surface area contributed by atoms with Crippen LogP contribution < -0.4 is 0 Å². The zero-order valence-corrected chi connectivity index (χ0v) is 11.0. The first kappa shape index (κ1) is 14.2. The average molecular weight is 283 g/mol. The zero-order valence-electron chi connectivity index (χ0n) is 11.0. The standard InChI is InChI=1S/C13H12F3N3O/c1-3-9-13(11(20)4-2)17-18-19(9)10-6-7(14)5-8(15)12(10)16/h5-6H,3-4H2,1-2H3. The fourth-order valence-corrected chi connectivity index (χ4v) is 1.89.